The summed E-state index contributed by atoms with van der Waals surface area (Å²) >= 11 is 7.60. The van der Waals surface area contributed by atoms with Gasteiger partial charge in [0, 0.05) is 23.7 Å². The predicted octanol–water partition coefficient (Wildman–Crippen LogP) is 5.73. The number of benzene rings is 3. The van der Waals surface area contributed by atoms with E-state index in [-0.39, 0.29) is 18.3 Å². The molecule has 150 valence electrons. The van der Waals surface area contributed by atoms with Gasteiger partial charge in [0.2, 0.25) is 0 Å². The Balaban J connectivity index is 0.00000240. The van der Waals surface area contributed by atoms with Crippen LogP contribution < -0.4 is 4.90 Å². The molecule has 7 heteroatoms. The zero-order chi connectivity index (χ0) is 19.7. The quantitative estimate of drug-likeness (QED) is 0.393. The van der Waals surface area contributed by atoms with Crippen molar-refractivity contribution in [2.24, 2.45) is 0 Å². The summed E-state index contributed by atoms with van der Waals surface area (Å²) in [7, 11) is 3.99. The van der Waals surface area contributed by atoms with Crippen molar-refractivity contribution in [2.75, 3.05) is 32.1 Å². The van der Waals surface area contributed by atoms with Crippen LogP contribution in [0.5, 0.6) is 0 Å². The molecule has 0 aliphatic rings. The first-order valence-electron chi connectivity index (χ1n) is 9.03. The SMILES string of the molecule is CN(C)CCN(C(=O)c1ccc2ccccc2c1)c1nc2ccc(Cl)cc2s1.Cl. The van der Waals surface area contributed by atoms with Crippen molar-refractivity contribution in [1.29, 1.82) is 0 Å². The molecule has 0 saturated heterocycles. The Morgan fingerprint density at radius 3 is 2.52 bits per heavy atom. The van der Waals surface area contributed by atoms with Crippen molar-refractivity contribution >= 4 is 67.4 Å². The van der Waals surface area contributed by atoms with Gasteiger partial charge in [-0.3, -0.25) is 9.69 Å². The van der Waals surface area contributed by atoms with Gasteiger partial charge in [-0.05, 0) is 55.2 Å². The number of nitrogens with zero attached hydrogens (tertiary/aromatic N) is 3. The highest BCUT2D eigenvalue weighted by molar-refractivity contribution is 7.22. The van der Waals surface area contributed by atoms with Gasteiger partial charge >= 0.3 is 0 Å². The molecule has 1 heterocycles. The van der Waals surface area contributed by atoms with Crippen LogP contribution >= 0.6 is 35.3 Å². The number of hydrogen-bond acceptors (Lipinski definition) is 4. The van der Waals surface area contributed by atoms with E-state index < -0.39 is 0 Å². The lowest BCUT2D eigenvalue weighted by molar-refractivity contribution is 0.0985. The summed E-state index contributed by atoms with van der Waals surface area (Å²) < 4.78 is 0.976. The minimum atomic E-state index is -0.0437. The van der Waals surface area contributed by atoms with E-state index in [0.29, 0.717) is 22.3 Å². The Hall–Kier alpha value is -2.18. The minimum absolute atomic E-state index is 0. The minimum Gasteiger partial charge on any atom is -0.308 e. The van der Waals surface area contributed by atoms with E-state index >= 15 is 0 Å². The zero-order valence-corrected chi connectivity index (χ0v) is 18.5. The maximum Gasteiger partial charge on any atom is 0.260 e. The molecule has 1 amide bonds. The summed E-state index contributed by atoms with van der Waals surface area (Å²) in [5.41, 5.74) is 1.51. The van der Waals surface area contributed by atoms with Gasteiger partial charge in [0.05, 0.1) is 10.2 Å². The van der Waals surface area contributed by atoms with Gasteiger partial charge < -0.3 is 4.90 Å². The highest BCUT2D eigenvalue weighted by Gasteiger charge is 2.21. The molecule has 3 aromatic carbocycles. The van der Waals surface area contributed by atoms with Crippen LogP contribution in [-0.4, -0.2) is 43.0 Å². The Labute approximate surface area is 185 Å². The number of likely N-dealkylation sites (N-methyl/N-ethyl adjacent to an activating group) is 1. The molecule has 0 aliphatic carbocycles. The number of thiazole rings is 1. The smallest absolute Gasteiger partial charge is 0.260 e. The molecule has 1 aromatic heterocycles. The molecule has 4 rings (SSSR count). The zero-order valence-electron chi connectivity index (χ0n) is 16.1. The molecule has 0 fully saturated rings. The number of anilines is 1. The second-order valence-electron chi connectivity index (χ2n) is 6.93. The maximum atomic E-state index is 13.4. The van der Waals surface area contributed by atoms with E-state index in [4.69, 9.17) is 11.6 Å². The van der Waals surface area contributed by atoms with Gasteiger partial charge in [-0.2, -0.15) is 0 Å². The third-order valence-corrected chi connectivity index (χ3v) is 5.86. The standard InChI is InChI=1S/C22H20ClN3OS.ClH/c1-25(2)11-12-26(22-24-19-10-9-18(23)14-20(19)28-22)21(27)17-8-7-15-5-3-4-6-16(15)13-17;/h3-10,13-14H,11-12H2,1-2H3;1H. The molecule has 4 aromatic rings. The van der Waals surface area contributed by atoms with Gasteiger partial charge in [-0.15, -0.1) is 12.4 Å². The number of amides is 1. The number of carbonyl (C=O) groups is 1. The summed E-state index contributed by atoms with van der Waals surface area (Å²) in [4.78, 5) is 21.9. The van der Waals surface area contributed by atoms with Crippen LogP contribution in [0, 0.1) is 0 Å². The van der Waals surface area contributed by atoms with E-state index in [2.05, 4.69) is 9.88 Å². The van der Waals surface area contributed by atoms with Crippen LogP contribution in [0.15, 0.2) is 60.7 Å². The fraction of sp³-hybridized carbons (Fsp3) is 0.182. The molecule has 0 saturated carbocycles. The molecule has 4 nitrogen and oxygen atoms in total. The molecular weight excluding hydrogens is 425 g/mol. The van der Waals surface area contributed by atoms with E-state index in [0.717, 1.165) is 27.5 Å². The third kappa shape index (κ3) is 4.70. The van der Waals surface area contributed by atoms with Crippen molar-refractivity contribution in [3.63, 3.8) is 0 Å². The molecule has 0 unspecified atom stereocenters. The first-order chi connectivity index (χ1) is 13.5. The summed E-state index contributed by atoms with van der Waals surface area (Å²) in [6.07, 6.45) is 0. The largest absolute Gasteiger partial charge is 0.308 e. The number of fused-ring (bicyclic) bond motifs is 2. The van der Waals surface area contributed by atoms with Gasteiger partial charge in [-0.25, -0.2) is 4.98 Å². The van der Waals surface area contributed by atoms with Crippen molar-refractivity contribution in [3.05, 3.63) is 71.2 Å². The summed E-state index contributed by atoms with van der Waals surface area (Å²) in [6.45, 7) is 1.31. The Kier molecular flexibility index (Phi) is 6.75. The summed E-state index contributed by atoms with van der Waals surface area (Å²) in [6, 6.07) is 19.5. The molecule has 0 aliphatic heterocycles. The fourth-order valence-corrected chi connectivity index (χ4v) is 4.33. The lowest BCUT2D eigenvalue weighted by Gasteiger charge is -2.22. The van der Waals surface area contributed by atoms with Crippen LogP contribution in [0.3, 0.4) is 0 Å². The van der Waals surface area contributed by atoms with Crippen LogP contribution in [0.4, 0.5) is 5.13 Å². The highest BCUT2D eigenvalue weighted by atomic mass is 35.5. The second-order valence-corrected chi connectivity index (χ2v) is 8.38. The predicted molar refractivity (Wildman–Crippen MR) is 126 cm³/mol. The van der Waals surface area contributed by atoms with Gasteiger partial charge in [0.15, 0.2) is 5.13 Å². The molecular formula is C22H21Cl2N3OS. The first-order valence-corrected chi connectivity index (χ1v) is 10.2. The van der Waals surface area contributed by atoms with E-state index in [1.165, 1.54) is 11.3 Å². The van der Waals surface area contributed by atoms with Crippen molar-refractivity contribution in [1.82, 2.24) is 9.88 Å². The lowest BCUT2D eigenvalue weighted by Crippen LogP contribution is -2.36. The molecule has 0 spiro atoms. The third-order valence-electron chi connectivity index (χ3n) is 4.58. The Morgan fingerprint density at radius 2 is 1.76 bits per heavy atom. The number of hydrogen-bond donors (Lipinski definition) is 0. The van der Waals surface area contributed by atoms with E-state index in [9.17, 15) is 4.79 Å². The van der Waals surface area contributed by atoms with E-state index in [1.807, 2.05) is 74.8 Å². The second kappa shape index (κ2) is 9.09. The number of aromatic nitrogens is 1. The maximum absolute atomic E-state index is 13.4. The molecule has 0 atom stereocenters. The number of carbonyl (C=O) groups excluding carboxylic acids is 1. The monoisotopic (exact) mass is 445 g/mol. The lowest BCUT2D eigenvalue weighted by atomic mass is 10.1. The van der Waals surface area contributed by atoms with Gasteiger partial charge in [0.1, 0.15) is 0 Å². The Morgan fingerprint density at radius 1 is 1.00 bits per heavy atom. The average Bonchev–Trinajstić information content (AvgIpc) is 3.10. The van der Waals surface area contributed by atoms with Crippen LogP contribution in [0.25, 0.3) is 21.0 Å². The van der Waals surface area contributed by atoms with Crippen LogP contribution in [-0.2, 0) is 0 Å². The molecule has 0 N–H and O–H groups in total. The number of halogens is 2. The van der Waals surface area contributed by atoms with Crippen molar-refractivity contribution in [2.45, 2.75) is 0 Å². The molecule has 0 radical (unpaired) electrons. The van der Waals surface area contributed by atoms with Crippen molar-refractivity contribution < 1.29 is 4.79 Å². The average molecular weight is 446 g/mol. The molecule has 29 heavy (non-hydrogen) atoms. The van der Waals surface area contributed by atoms with Crippen LogP contribution in [0.2, 0.25) is 5.02 Å². The van der Waals surface area contributed by atoms with E-state index in [1.54, 1.807) is 4.90 Å². The normalized spacial score (nSPS) is 11.0. The highest BCUT2D eigenvalue weighted by Crippen LogP contribution is 2.31. The van der Waals surface area contributed by atoms with Gasteiger partial charge in [0.25, 0.3) is 5.91 Å². The Bertz CT molecular complexity index is 1160. The van der Waals surface area contributed by atoms with Gasteiger partial charge in [-0.1, -0.05) is 53.3 Å². The topological polar surface area (TPSA) is 36.4 Å². The van der Waals surface area contributed by atoms with Crippen LogP contribution in [0.1, 0.15) is 10.4 Å². The fourth-order valence-electron chi connectivity index (χ4n) is 3.06. The molecule has 0 bridgehead atoms. The number of rotatable bonds is 5. The summed E-state index contributed by atoms with van der Waals surface area (Å²) in [5, 5.41) is 3.53. The summed E-state index contributed by atoms with van der Waals surface area (Å²) in [5.74, 6) is -0.0437. The van der Waals surface area contributed by atoms with Crippen molar-refractivity contribution in [3.8, 4) is 0 Å². The first kappa shape index (κ1) is 21.5.